The van der Waals surface area contributed by atoms with Crippen LogP contribution >= 0.6 is 0 Å². The monoisotopic (exact) mass is 452 g/mol. The van der Waals surface area contributed by atoms with Crippen LogP contribution in [-0.4, -0.2) is 31.1 Å². The molecule has 6 rings (SSSR count). The molecule has 0 aromatic heterocycles. The lowest BCUT2D eigenvalue weighted by Gasteiger charge is -2.58. The zero-order valence-corrected chi connectivity index (χ0v) is 18.8. The molecule has 0 radical (unpaired) electrons. The fraction of sp³-hybridized carbons (Fsp3) is 0.520. The summed E-state index contributed by atoms with van der Waals surface area (Å²) in [7, 11) is 2.61. The molecule has 8 nitrogen and oxygen atoms in total. The summed E-state index contributed by atoms with van der Waals surface area (Å²) in [5, 5.41) is 14.8. The number of carbonyl (C=O) groups is 2. The van der Waals surface area contributed by atoms with Gasteiger partial charge in [-0.2, -0.15) is 0 Å². The lowest BCUT2D eigenvalue weighted by molar-refractivity contribution is -0.384. The Labute approximate surface area is 192 Å². The molecule has 174 valence electrons. The molecule has 4 saturated carbocycles. The molecule has 5 aliphatic rings. The minimum absolute atomic E-state index is 0.101. The van der Waals surface area contributed by atoms with E-state index in [1.54, 1.807) is 18.3 Å². The Kier molecular flexibility index (Phi) is 5.26. The number of nitrogens with zero attached hydrogens (tertiary/aromatic N) is 1. The molecule has 1 unspecified atom stereocenters. The zero-order chi connectivity index (χ0) is 23.3. The third-order valence-electron chi connectivity index (χ3n) is 8.05. The van der Waals surface area contributed by atoms with E-state index in [1.807, 2.05) is 0 Å². The van der Waals surface area contributed by atoms with Crippen molar-refractivity contribution >= 4 is 17.6 Å². The van der Waals surface area contributed by atoms with Gasteiger partial charge in [0, 0.05) is 29.4 Å². The molecule has 4 fully saturated rings. The van der Waals surface area contributed by atoms with Gasteiger partial charge < -0.3 is 14.8 Å². The van der Waals surface area contributed by atoms with Crippen molar-refractivity contribution < 1.29 is 24.0 Å². The topological polar surface area (TPSA) is 108 Å². The first kappa shape index (κ1) is 21.7. The standard InChI is InChI=1S/C25H28N2O6/c1-32-23(28)19-13-26-22(25-10-14-6-15(11-25)8-16(7-14)12-25)21(24(29)33-2)20(19)17-4-3-5-18(9-17)27(30)31/h3-5,9,13-16,20,26H,6-8,10-12H2,1-2H3. The molecule has 0 spiro atoms. The average Bonchev–Trinajstić information content (AvgIpc) is 2.81. The van der Waals surface area contributed by atoms with Gasteiger partial charge in [-0.15, -0.1) is 0 Å². The quantitative estimate of drug-likeness (QED) is 0.409. The predicted molar refractivity (Wildman–Crippen MR) is 119 cm³/mol. The van der Waals surface area contributed by atoms with Crippen LogP contribution in [0.1, 0.15) is 50.0 Å². The van der Waals surface area contributed by atoms with E-state index in [0.29, 0.717) is 28.9 Å². The van der Waals surface area contributed by atoms with E-state index < -0.39 is 22.8 Å². The minimum atomic E-state index is -0.811. The van der Waals surface area contributed by atoms with Crippen molar-refractivity contribution in [2.75, 3.05) is 14.2 Å². The SMILES string of the molecule is COC(=O)C1=CNC(C23CC4CC(CC(C4)C2)C3)=C(C(=O)OC)C1c1cccc([N+](=O)[O-])c1. The molecule has 1 N–H and O–H groups in total. The molecule has 33 heavy (non-hydrogen) atoms. The maximum absolute atomic E-state index is 13.3. The number of esters is 2. The van der Waals surface area contributed by atoms with Crippen molar-refractivity contribution in [3.63, 3.8) is 0 Å². The second kappa shape index (κ2) is 8.01. The fourth-order valence-corrected chi connectivity index (χ4v) is 7.26. The van der Waals surface area contributed by atoms with Crippen LogP contribution in [-0.2, 0) is 19.1 Å². The van der Waals surface area contributed by atoms with Crippen molar-refractivity contribution in [2.24, 2.45) is 23.2 Å². The number of nitro groups is 1. The Morgan fingerprint density at radius 3 is 2.18 bits per heavy atom. The van der Waals surface area contributed by atoms with Gasteiger partial charge in [0.1, 0.15) is 0 Å². The highest BCUT2D eigenvalue weighted by molar-refractivity contribution is 5.99. The number of nitrogens with one attached hydrogen (secondary N) is 1. The summed E-state index contributed by atoms with van der Waals surface area (Å²) < 4.78 is 10.2. The lowest BCUT2D eigenvalue weighted by Crippen LogP contribution is -2.50. The van der Waals surface area contributed by atoms with Crippen LogP contribution in [0.4, 0.5) is 5.69 Å². The van der Waals surface area contributed by atoms with Gasteiger partial charge in [-0.3, -0.25) is 10.1 Å². The molecular weight excluding hydrogens is 424 g/mol. The number of non-ortho nitro benzene ring substituents is 1. The Bertz CT molecular complexity index is 1050. The summed E-state index contributed by atoms with van der Waals surface area (Å²) in [6.07, 6.45) is 8.38. The van der Waals surface area contributed by atoms with Crippen molar-refractivity contribution in [3.8, 4) is 0 Å². The molecule has 0 saturated heterocycles. The van der Waals surface area contributed by atoms with Crippen molar-refractivity contribution in [1.29, 1.82) is 0 Å². The van der Waals surface area contributed by atoms with E-state index in [4.69, 9.17) is 9.47 Å². The highest BCUT2D eigenvalue weighted by Gasteiger charge is 2.55. The maximum atomic E-state index is 13.3. The third kappa shape index (κ3) is 3.52. The first-order valence-electron chi connectivity index (χ1n) is 11.5. The van der Waals surface area contributed by atoms with Crippen LogP contribution in [0.5, 0.6) is 0 Å². The number of nitro benzene ring substituents is 1. The van der Waals surface area contributed by atoms with E-state index in [0.717, 1.165) is 25.0 Å². The Balaban J connectivity index is 1.69. The number of methoxy groups -OCH3 is 2. The van der Waals surface area contributed by atoms with Crippen LogP contribution in [0, 0.1) is 33.3 Å². The molecule has 1 heterocycles. The van der Waals surface area contributed by atoms with Crippen molar-refractivity contribution in [2.45, 2.75) is 44.4 Å². The number of benzene rings is 1. The second-order valence-corrected chi connectivity index (χ2v) is 10.00. The number of dihydropyridines is 1. The fourth-order valence-electron chi connectivity index (χ4n) is 7.26. The van der Waals surface area contributed by atoms with Gasteiger partial charge in [0.05, 0.1) is 36.2 Å². The van der Waals surface area contributed by atoms with Gasteiger partial charge in [0.25, 0.3) is 5.69 Å². The van der Waals surface area contributed by atoms with E-state index in [1.165, 1.54) is 45.6 Å². The van der Waals surface area contributed by atoms with Gasteiger partial charge in [-0.1, -0.05) is 12.1 Å². The van der Waals surface area contributed by atoms with Gasteiger partial charge in [-0.05, 0) is 61.8 Å². The molecule has 8 heteroatoms. The van der Waals surface area contributed by atoms with E-state index >= 15 is 0 Å². The minimum Gasteiger partial charge on any atom is -0.466 e. The first-order valence-corrected chi connectivity index (χ1v) is 11.5. The van der Waals surface area contributed by atoms with E-state index in [-0.39, 0.29) is 16.7 Å². The summed E-state index contributed by atoms with van der Waals surface area (Å²) in [4.78, 5) is 37.0. The summed E-state index contributed by atoms with van der Waals surface area (Å²) in [6.45, 7) is 0. The van der Waals surface area contributed by atoms with Gasteiger partial charge >= 0.3 is 11.9 Å². The smallest absolute Gasteiger partial charge is 0.336 e. The number of hydrogen-bond acceptors (Lipinski definition) is 7. The Hall–Kier alpha value is -3.16. The van der Waals surface area contributed by atoms with Crippen LogP contribution in [0.3, 0.4) is 0 Å². The van der Waals surface area contributed by atoms with Crippen molar-refractivity contribution in [1.82, 2.24) is 5.32 Å². The zero-order valence-electron chi connectivity index (χ0n) is 18.8. The molecule has 0 amide bonds. The van der Waals surface area contributed by atoms with Crippen LogP contribution in [0.15, 0.2) is 47.3 Å². The number of hydrogen-bond donors (Lipinski definition) is 1. The molecule has 1 aromatic rings. The van der Waals surface area contributed by atoms with E-state index in [2.05, 4.69) is 5.32 Å². The number of allylic oxidation sites excluding steroid dienone is 1. The third-order valence-corrected chi connectivity index (χ3v) is 8.05. The molecule has 1 atom stereocenters. The summed E-state index contributed by atoms with van der Waals surface area (Å²) >= 11 is 0. The molecular formula is C25H28N2O6. The molecule has 1 aliphatic heterocycles. The van der Waals surface area contributed by atoms with Crippen LogP contribution < -0.4 is 5.32 Å². The van der Waals surface area contributed by atoms with Crippen LogP contribution in [0.25, 0.3) is 0 Å². The number of rotatable bonds is 5. The summed E-state index contributed by atoms with van der Waals surface area (Å²) in [5.41, 5.74) is 1.63. The average molecular weight is 453 g/mol. The van der Waals surface area contributed by atoms with Gasteiger partial charge in [0.2, 0.25) is 0 Å². The summed E-state index contributed by atoms with van der Waals surface area (Å²) in [5.74, 6) is 0.00311. The van der Waals surface area contributed by atoms with Crippen LogP contribution in [0.2, 0.25) is 0 Å². The van der Waals surface area contributed by atoms with E-state index in [9.17, 15) is 19.7 Å². The predicted octanol–water partition coefficient (Wildman–Crippen LogP) is 3.98. The van der Waals surface area contributed by atoms with Gasteiger partial charge in [0.15, 0.2) is 0 Å². The largest absolute Gasteiger partial charge is 0.466 e. The summed E-state index contributed by atoms with van der Waals surface area (Å²) in [6, 6.07) is 6.10. The van der Waals surface area contributed by atoms with Crippen molar-refractivity contribution in [3.05, 3.63) is 63.0 Å². The highest BCUT2D eigenvalue weighted by Crippen LogP contribution is 2.63. The first-order chi connectivity index (χ1) is 15.8. The second-order valence-electron chi connectivity index (χ2n) is 10.00. The number of ether oxygens (including phenoxy) is 2. The molecule has 4 aliphatic carbocycles. The van der Waals surface area contributed by atoms with Gasteiger partial charge in [-0.25, -0.2) is 9.59 Å². The Morgan fingerprint density at radius 2 is 1.64 bits per heavy atom. The lowest BCUT2D eigenvalue weighted by atomic mass is 9.48. The number of carbonyl (C=O) groups excluding carboxylic acids is 2. The maximum Gasteiger partial charge on any atom is 0.336 e. The highest BCUT2D eigenvalue weighted by atomic mass is 16.6. The molecule has 1 aromatic carbocycles. The Morgan fingerprint density at radius 1 is 1.03 bits per heavy atom. The normalized spacial score (nSPS) is 32.1. The molecule has 4 bridgehead atoms.